The van der Waals surface area contributed by atoms with E-state index >= 15 is 0 Å². The van der Waals surface area contributed by atoms with E-state index in [0.717, 1.165) is 6.42 Å². The molecule has 0 saturated carbocycles. The highest BCUT2D eigenvalue weighted by atomic mass is 32.2. The molecular weight excluding hydrogens is 286 g/mol. The molecule has 1 heterocycles. The van der Waals surface area contributed by atoms with Gasteiger partial charge in [-0.15, -0.1) is 0 Å². The molecule has 0 unspecified atom stereocenters. The zero-order valence-corrected chi connectivity index (χ0v) is 12.3. The normalized spacial score (nSPS) is 11.0. The molecule has 7 heteroatoms. The van der Waals surface area contributed by atoms with Crippen molar-refractivity contribution in [2.75, 3.05) is 13.1 Å². The van der Waals surface area contributed by atoms with E-state index in [1.54, 1.807) is 12.1 Å². The summed E-state index contributed by atoms with van der Waals surface area (Å²) in [5.74, 6) is -0.982. The van der Waals surface area contributed by atoms with Crippen molar-refractivity contribution in [2.45, 2.75) is 37.8 Å². The van der Waals surface area contributed by atoms with Crippen molar-refractivity contribution in [3.8, 4) is 0 Å². The molecule has 1 aromatic heterocycles. The van der Waals surface area contributed by atoms with Gasteiger partial charge in [-0.2, -0.15) is 8.78 Å². The molecule has 0 fully saturated rings. The molecule has 1 rings (SSSR count). The number of thioether (sulfide) groups is 1. The fraction of sp³-hybridized carbons (Fsp3) is 0.615. The number of hydrogen-bond acceptors (Lipinski definition) is 4. The number of hydrogen-bond donors (Lipinski definition) is 2. The van der Waals surface area contributed by atoms with E-state index in [1.165, 1.54) is 0 Å². The van der Waals surface area contributed by atoms with Crippen molar-refractivity contribution in [3.05, 3.63) is 23.7 Å². The summed E-state index contributed by atoms with van der Waals surface area (Å²) in [5, 5.41) is 5.86. The SMILES string of the molecule is CCCNC(=O)CCNCc1ccc(CSC(F)F)o1. The molecular formula is C13H20F2N2O2S. The maximum atomic E-state index is 12.0. The van der Waals surface area contributed by atoms with E-state index in [0.29, 0.717) is 49.3 Å². The van der Waals surface area contributed by atoms with Crippen molar-refractivity contribution in [1.29, 1.82) is 0 Å². The highest BCUT2D eigenvalue weighted by molar-refractivity contribution is 7.98. The Morgan fingerprint density at radius 3 is 2.80 bits per heavy atom. The Morgan fingerprint density at radius 2 is 2.10 bits per heavy atom. The van der Waals surface area contributed by atoms with Gasteiger partial charge in [-0.3, -0.25) is 4.79 Å². The van der Waals surface area contributed by atoms with Crippen molar-refractivity contribution >= 4 is 17.7 Å². The number of nitrogens with one attached hydrogen (secondary N) is 2. The lowest BCUT2D eigenvalue weighted by Gasteiger charge is -2.04. The van der Waals surface area contributed by atoms with Crippen LogP contribution in [-0.2, 0) is 17.1 Å². The minimum absolute atomic E-state index is 0.0211. The molecule has 0 aliphatic rings. The third-order valence-electron chi connectivity index (χ3n) is 2.47. The van der Waals surface area contributed by atoms with Gasteiger partial charge in [-0.05, 0) is 18.6 Å². The van der Waals surface area contributed by atoms with Crippen LogP contribution in [0.5, 0.6) is 0 Å². The fourth-order valence-electron chi connectivity index (χ4n) is 1.51. The molecule has 2 N–H and O–H groups in total. The van der Waals surface area contributed by atoms with Crippen molar-refractivity contribution in [3.63, 3.8) is 0 Å². The number of furan rings is 1. The van der Waals surface area contributed by atoms with Crippen molar-refractivity contribution < 1.29 is 18.0 Å². The van der Waals surface area contributed by atoms with E-state index in [-0.39, 0.29) is 11.7 Å². The summed E-state index contributed by atoms with van der Waals surface area (Å²) in [7, 11) is 0. The highest BCUT2D eigenvalue weighted by Crippen LogP contribution is 2.21. The van der Waals surface area contributed by atoms with Crippen LogP contribution in [0.25, 0.3) is 0 Å². The van der Waals surface area contributed by atoms with E-state index in [1.807, 2.05) is 6.92 Å². The van der Waals surface area contributed by atoms with Crippen LogP contribution in [0.4, 0.5) is 8.78 Å². The molecule has 0 spiro atoms. The molecule has 114 valence electrons. The van der Waals surface area contributed by atoms with Crippen LogP contribution in [-0.4, -0.2) is 24.8 Å². The molecule has 0 atom stereocenters. The predicted octanol–water partition coefficient (Wildman–Crippen LogP) is 2.74. The second-order valence-corrected chi connectivity index (χ2v) is 5.19. The molecule has 0 saturated heterocycles. The number of halogens is 2. The Labute approximate surface area is 121 Å². The van der Waals surface area contributed by atoms with E-state index in [9.17, 15) is 13.6 Å². The summed E-state index contributed by atoms with van der Waals surface area (Å²) < 4.78 is 29.4. The quantitative estimate of drug-likeness (QED) is 0.653. The topological polar surface area (TPSA) is 54.3 Å². The first-order valence-electron chi connectivity index (χ1n) is 6.56. The van der Waals surface area contributed by atoms with Crippen LogP contribution in [0.2, 0.25) is 0 Å². The number of carbonyl (C=O) groups excluding carboxylic acids is 1. The number of alkyl halides is 2. The van der Waals surface area contributed by atoms with Gasteiger partial charge in [0, 0.05) is 19.5 Å². The highest BCUT2D eigenvalue weighted by Gasteiger charge is 2.07. The molecule has 4 nitrogen and oxygen atoms in total. The first kappa shape index (κ1) is 17.0. The van der Waals surface area contributed by atoms with Crippen LogP contribution in [0.1, 0.15) is 31.3 Å². The van der Waals surface area contributed by atoms with Crippen LogP contribution < -0.4 is 10.6 Å². The predicted molar refractivity (Wildman–Crippen MR) is 75.6 cm³/mol. The number of rotatable bonds is 10. The average Bonchev–Trinajstić information content (AvgIpc) is 2.87. The fourth-order valence-corrected chi connectivity index (χ4v) is 1.95. The van der Waals surface area contributed by atoms with Gasteiger partial charge in [0.2, 0.25) is 5.91 Å². The molecule has 0 aliphatic carbocycles. The van der Waals surface area contributed by atoms with Crippen LogP contribution >= 0.6 is 11.8 Å². The van der Waals surface area contributed by atoms with Gasteiger partial charge in [-0.25, -0.2) is 0 Å². The lowest BCUT2D eigenvalue weighted by Crippen LogP contribution is -2.27. The minimum atomic E-state index is -2.39. The second kappa shape index (κ2) is 9.77. The van der Waals surface area contributed by atoms with E-state index < -0.39 is 5.76 Å². The zero-order chi connectivity index (χ0) is 14.8. The van der Waals surface area contributed by atoms with Crippen LogP contribution in [0.3, 0.4) is 0 Å². The Balaban J connectivity index is 2.14. The summed E-state index contributed by atoms with van der Waals surface area (Å²) in [4.78, 5) is 11.3. The third kappa shape index (κ3) is 7.49. The maximum Gasteiger partial charge on any atom is 0.284 e. The van der Waals surface area contributed by atoms with Crippen molar-refractivity contribution in [2.24, 2.45) is 0 Å². The van der Waals surface area contributed by atoms with Crippen molar-refractivity contribution in [1.82, 2.24) is 10.6 Å². The van der Waals surface area contributed by atoms with Gasteiger partial charge in [-0.1, -0.05) is 18.7 Å². The first-order valence-corrected chi connectivity index (χ1v) is 7.61. The largest absolute Gasteiger partial charge is 0.464 e. The zero-order valence-electron chi connectivity index (χ0n) is 11.5. The van der Waals surface area contributed by atoms with E-state index in [4.69, 9.17) is 4.42 Å². The summed E-state index contributed by atoms with van der Waals surface area (Å²) in [6, 6.07) is 3.45. The smallest absolute Gasteiger partial charge is 0.284 e. The summed E-state index contributed by atoms with van der Waals surface area (Å²) in [5.41, 5.74) is 0. The lowest BCUT2D eigenvalue weighted by molar-refractivity contribution is -0.121. The second-order valence-electron chi connectivity index (χ2n) is 4.22. The number of carbonyl (C=O) groups is 1. The minimum Gasteiger partial charge on any atom is -0.464 e. The Hall–Kier alpha value is -1.08. The van der Waals surface area contributed by atoms with Crippen LogP contribution in [0.15, 0.2) is 16.5 Å². The van der Waals surface area contributed by atoms with E-state index in [2.05, 4.69) is 10.6 Å². The van der Waals surface area contributed by atoms with Gasteiger partial charge in [0.15, 0.2) is 0 Å². The number of amides is 1. The van der Waals surface area contributed by atoms with Gasteiger partial charge >= 0.3 is 0 Å². The van der Waals surface area contributed by atoms with Gasteiger partial charge in [0.1, 0.15) is 11.5 Å². The van der Waals surface area contributed by atoms with Gasteiger partial charge in [0.25, 0.3) is 5.76 Å². The molecule has 1 aromatic rings. The summed E-state index contributed by atoms with van der Waals surface area (Å²) in [6.45, 7) is 3.74. The average molecular weight is 306 g/mol. The van der Waals surface area contributed by atoms with Crippen LogP contribution in [0, 0.1) is 0 Å². The Kier molecular flexibility index (Phi) is 8.29. The maximum absolute atomic E-state index is 12.0. The molecule has 0 bridgehead atoms. The Morgan fingerprint density at radius 1 is 1.35 bits per heavy atom. The molecule has 0 aliphatic heterocycles. The lowest BCUT2D eigenvalue weighted by atomic mass is 10.3. The summed E-state index contributed by atoms with van der Waals surface area (Å²) >= 11 is 0.537. The molecule has 0 radical (unpaired) electrons. The van der Waals surface area contributed by atoms with Gasteiger partial charge in [0.05, 0.1) is 12.3 Å². The third-order valence-corrected chi connectivity index (χ3v) is 3.17. The molecule has 1 amide bonds. The molecule has 20 heavy (non-hydrogen) atoms. The summed E-state index contributed by atoms with van der Waals surface area (Å²) in [6.07, 6.45) is 1.33. The first-order chi connectivity index (χ1) is 9.61. The molecule has 0 aromatic carbocycles. The standard InChI is InChI=1S/C13H20F2N2O2S/c1-2-6-17-12(18)5-7-16-8-10-3-4-11(19-10)9-20-13(14)15/h3-4,13,16H,2,5-9H2,1H3,(H,17,18). The Bertz CT molecular complexity index is 399. The van der Waals surface area contributed by atoms with Gasteiger partial charge < -0.3 is 15.1 Å². The monoisotopic (exact) mass is 306 g/mol.